The zero-order valence-electron chi connectivity index (χ0n) is 34.8. The third-order valence-corrected chi connectivity index (χ3v) is 9.48. The highest BCUT2D eigenvalue weighted by Crippen LogP contribution is 2.38. The number of allylic oxidation sites excluding steroid dienone is 10. The molecule has 0 saturated carbocycles. The summed E-state index contributed by atoms with van der Waals surface area (Å²) in [6.07, 6.45) is 44.0. The van der Waals surface area contributed by atoms with Gasteiger partial charge in [-0.25, -0.2) is 0 Å². The van der Waals surface area contributed by atoms with Crippen molar-refractivity contribution in [2.45, 2.75) is 154 Å². The summed E-state index contributed by atoms with van der Waals surface area (Å²) in [6, 6.07) is 0. The predicted molar refractivity (Wildman–Crippen MR) is 223 cm³/mol. The van der Waals surface area contributed by atoms with E-state index in [4.69, 9.17) is 18.5 Å². The maximum absolute atomic E-state index is 12.4. The van der Waals surface area contributed by atoms with Crippen molar-refractivity contribution in [2.75, 3.05) is 47.5 Å². The molecule has 0 rings (SSSR count). The molecule has 0 aromatic heterocycles. The Kier molecular flexibility index (Phi) is 34.9. The van der Waals surface area contributed by atoms with Crippen LogP contribution in [0.4, 0.5) is 0 Å². The van der Waals surface area contributed by atoms with E-state index in [1.165, 1.54) is 70.6 Å². The molecule has 312 valence electrons. The van der Waals surface area contributed by atoms with Crippen molar-refractivity contribution in [1.29, 1.82) is 0 Å². The average molecular weight is 780 g/mol. The summed E-state index contributed by atoms with van der Waals surface area (Å²) >= 11 is 0. The van der Waals surface area contributed by atoms with Gasteiger partial charge < -0.3 is 33.0 Å². The van der Waals surface area contributed by atoms with Crippen molar-refractivity contribution in [3.63, 3.8) is 0 Å². The minimum Gasteiger partial charge on any atom is -0.756 e. The van der Waals surface area contributed by atoms with Crippen LogP contribution in [0.2, 0.25) is 0 Å². The van der Waals surface area contributed by atoms with Crippen LogP contribution in [0.5, 0.6) is 0 Å². The fourth-order valence-corrected chi connectivity index (χ4v) is 5.77. The summed E-state index contributed by atoms with van der Waals surface area (Å²) < 4.78 is 34.2. The quantitative estimate of drug-likeness (QED) is 0.0126. The van der Waals surface area contributed by atoms with Gasteiger partial charge >= 0.3 is 5.97 Å². The van der Waals surface area contributed by atoms with E-state index < -0.39 is 13.9 Å². The van der Waals surface area contributed by atoms with Crippen LogP contribution >= 0.6 is 7.82 Å². The summed E-state index contributed by atoms with van der Waals surface area (Å²) in [6.45, 7) is 4.28. The number of esters is 1. The van der Waals surface area contributed by atoms with Gasteiger partial charge in [-0.1, -0.05) is 145 Å². The van der Waals surface area contributed by atoms with Gasteiger partial charge in [0.1, 0.15) is 19.8 Å². The Balaban J connectivity index is 4.44. The Hall–Kier alpha value is -2.26. The minimum atomic E-state index is -4.54. The number of phosphoric ester groups is 1. The van der Waals surface area contributed by atoms with Gasteiger partial charge in [-0.3, -0.25) is 9.36 Å². The van der Waals surface area contributed by atoms with Gasteiger partial charge in [0.05, 0.1) is 40.1 Å². The third-order valence-electron chi connectivity index (χ3n) is 8.52. The maximum atomic E-state index is 12.4. The van der Waals surface area contributed by atoms with E-state index in [2.05, 4.69) is 49.5 Å². The van der Waals surface area contributed by atoms with Crippen LogP contribution in [0, 0.1) is 0 Å². The van der Waals surface area contributed by atoms with Crippen molar-refractivity contribution < 1.29 is 42.4 Å². The maximum Gasteiger partial charge on any atom is 0.305 e. The number of likely N-dealkylation sites (N-methyl/N-ethyl adjacent to an activating group) is 1. The molecule has 10 heteroatoms. The van der Waals surface area contributed by atoms with Crippen molar-refractivity contribution >= 4 is 13.8 Å². The standard InChI is InChI=1S/C44H78NO8P/c1-6-8-9-10-11-12-13-14-19-22-25-28-31-34-38-50-43(41-53-54(48,49)52-39-37-45(3,4)5)40-51-44(47)36-33-30-27-24-21-18-16-15-17-20-23-26-29-32-35-42(46)7-2/h16-18,20,24,26-27,29,32,34-35,38,42-43,46H,6-15,19,21-23,25,28,30-31,33,36-37,39-41H2,1-5H3/b18-16-,20-17-,27-24-,29-26-,35-32+,38-34+/t42-,43+/m0/s1. The Bertz CT molecular complexity index is 1110. The van der Waals surface area contributed by atoms with Crippen molar-refractivity contribution in [2.24, 2.45) is 0 Å². The first-order valence-corrected chi connectivity index (χ1v) is 22.3. The molecular weight excluding hydrogens is 701 g/mol. The second kappa shape index (κ2) is 36.4. The minimum absolute atomic E-state index is 0.00945. The first kappa shape index (κ1) is 51.7. The van der Waals surface area contributed by atoms with Gasteiger partial charge in [0.25, 0.3) is 7.82 Å². The van der Waals surface area contributed by atoms with Crippen LogP contribution in [-0.2, 0) is 27.9 Å². The number of hydrogen-bond donors (Lipinski definition) is 1. The number of rotatable bonds is 37. The molecule has 0 aliphatic carbocycles. The highest BCUT2D eigenvalue weighted by atomic mass is 31.2. The van der Waals surface area contributed by atoms with E-state index >= 15 is 0 Å². The summed E-state index contributed by atoms with van der Waals surface area (Å²) in [7, 11) is 1.30. The van der Waals surface area contributed by atoms with E-state index in [0.29, 0.717) is 17.4 Å². The summed E-state index contributed by atoms with van der Waals surface area (Å²) in [5.74, 6) is -0.363. The molecule has 0 aromatic carbocycles. The fraction of sp³-hybridized carbons (Fsp3) is 0.705. The molecule has 0 bridgehead atoms. The summed E-state index contributed by atoms with van der Waals surface area (Å²) in [5, 5.41) is 9.47. The van der Waals surface area contributed by atoms with E-state index in [1.807, 2.05) is 46.3 Å². The molecular formula is C44H78NO8P. The number of aliphatic hydroxyl groups excluding tert-OH is 1. The average Bonchev–Trinajstić information content (AvgIpc) is 3.12. The number of unbranched alkanes of at least 4 members (excludes halogenated alkanes) is 13. The Morgan fingerprint density at radius 1 is 0.704 bits per heavy atom. The highest BCUT2D eigenvalue weighted by Gasteiger charge is 2.19. The monoisotopic (exact) mass is 780 g/mol. The number of carbonyl (C=O) groups excluding carboxylic acids is 1. The predicted octanol–water partition coefficient (Wildman–Crippen LogP) is 10.6. The van der Waals surface area contributed by atoms with Crippen LogP contribution in [0.3, 0.4) is 0 Å². The van der Waals surface area contributed by atoms with Crippen molar-refractivity contribution in [3.05, 3.63) is 73.1 Å². The molecule has 1 unspecified atom stereocenters. The van der Waals surface area contributed by atoms with E-state index in [0.717, 1.165) is 44.9 Å². The number of aliphatic hydroxyl groups is 1. The number of phosphoric acid groups is 1. The number of ether oxygens (including phenoxy) is 2. The lowest BCUT2D eigenvalue weighted by Gasteiger charge is -2.28. The van der Waals surface area contributed by atoms with Gasteiger partial charge in [0, 0.05) is 6.42 Å². The molecule has 0 aliphatic heterocycles. The first-order valence-electron chi connectivity index (χ1n) is 20.8. The van der Waals surface area contributed by atoms with Crippen LogP contribution in [0.1, 0.15) is 142 Å². The Labute approximate surface area is 330 Å². The lowest BCUT2D eigenvalue weighted by molar-refractivity contribution is -0.870. The fourth-order valence-electron chi connectivity index (χ4n) is 5.05. The molecule has 0 saturated heterocycles. The molecule has 0 amide bonds. The molecule has 0 heterocycles. The number of quaternary nitrogens is 1. The normalized spacial score (nSPS) is 15.1. The number of nitrogens with zero attached hydrogens (tertiary/aromatic N) is 1. The SMILES string of the molecule is CCCCCCCCCCCCCC/C=C/O[C@H](COC(=O)CCC/C=C\C/C=C\C/C=C\C/C=C\C=C\[C@@H](O)CC)COP(=O)([O-])OCC[N+](C)(C)C. The molecule has 0 spiro atoms. The van der Waals surface area contributed by atoms with Crippen LogP contribution in [0.25, 0.3) is 0 Å². The topological polar surface area (TPSA) is 114 Å². The van der Waals surface area contributed by atoms with Gasteiger partial charge in [-0.2, -0.15) is 0 Å². The molecule has 3 atom stereocenters. The Morgan fingerprint density at radius 3 is 1.85 bits per heavy atom. The van der Waals surface area contributed by atoms with Crippen LogP contribution in [-0.4, -0.2) is 75.3 Å². The van der Waals surface area contributed by atoms with Gasteiger partial charge in [-0.15, -0.1) is 0 Å². The second-order valence-electron chi connectivity index (χ2n) is 14.9. The van der Waals surface area contributed by atoms with E-state index in [1.54, 1.807) is 12.3 Å². The highest BCUT2D eigenvalue weighted by molar-refractivity contribution is 7.45. The molecule has 0 radical (unpaired) electrons. The van der Waals surface area contributed by atoms with E-state index in [-0.39, 0.29) is 38.3 Å². The van der Waals surface area contributed by atoms with Gasteiger partial charge in [0.15, 0.2) is 6.10 Å². The van der Waals surface area contributed by atoms with Gasteiger partial charge in [-0.05, 0) is 57.4 Å². The number of hydrogen-bond acceptors (Lipinski definition) is 8. The van der Waals surface area contributed by atoms with Crippen LogP contribution in [0.15, 0.2) is 73.1 Å². The van der Waals surface area contributed by atoms with Crippen molar-refractivity contribution in [1.82, 2.24) is 0 Å². The molecule has 54 heavy (non-hydrogen) atoms. The smallest absolute Gasteiger partial charge is 0.305 e. The zero-order chi connectivity index (χ0) is 40.0. The molecule has 9 nitrogen and oxygen atoms in total. The zero-order valence-corrected chi connectivity index (χ0v) is 35.6. The molecule has 0 aromatic rings. The second-order valence-corrected chi connectivity index (χ2v) is 16.3. The van der Waals surface area contributed by atoms with Crippen molar-refractivity contribution in [3.8, 4) is 0 Å². The Morgan fingerprint density at radius 2 is 1.26 bits per heavy atom. The third kappa shape index (κ3) is 39.4. The van der Waals surface area contributed by atoms with Gasteiger partial charge in [0.2, 0.25) is 0 Å². The van der Waals surface area contributed by atoms with E-state index in [9.17, 15) is 19.4 Å². The molecule has 0 aliphatic rings. The lowest BCUT2D eigenvalue weighted by atomic mass is 10.0. The summed E-state index contributed by atoms with van der Waals surface area (Å²) in [4.78, 5) is 24.8. The molecule has 1 N–H and O–H groups in total. The number of carbonyl (C=O) groups is 1. The lowest BCUT2D eigenvalue weighted by Crippen LogP contribution is -2.37. The molecule has 0 fully saturated rings. The largest absolute Gasteiger partial charge is 0.756 e. The van der Waals surface area contributed by atoms with Crippen LogP contribution < -0.4 is 4.89 Å². The summed E-state index contributed by atoms with van der Waals surface area (Å²) in [5.41, 5.74) is 0. The first-order chi connectivity index (χ1) is 26.0.